The van der Waals surface area contributed by atoms with E-state index in [1.165, 1.54) is 12.1 Å². The van der Waals surface area contributed by atoms with Crippen molar-refractivity contribution in [3.05, 3.63) is 60.2 Å². The zero-order valence-corrected chi connectivity index (χ0v) is 14.2. The van der Waals surface area contributed by atoms with Crippen LogP contribution in [0, 0.1) is 5.82 Å². The molecule has 0 unspecified atom stereocenters. The molecule has 1 saturated heterocycles. The summed E-state index contributed by atoms with van der Waals surface area (Å²) >= 11 is 0. The van der Waals surface area contributed by atoms with Gasteiger partial charge in [-0.3, -0.25) is 9.78 Å². The third kappa shape index (κ3) is 3.85. The van der Waals surface area contributed by atoms with Crippen LogP contribution in [0.5, 0.6) is 0 Å². The van der Waals surface area contributed by atoms with Gasteiger partial charge in [0.15, 0.2) is 0 Å². The molecule has 0 spiro atoms. The number of hydrogen-bond acceptors (Lipinski definition) is 5. The van der Waals surface area contributed by atoms with Gasteiger partial charge < -0.3 is 4.74 Å². The van der Waals surface area contributed by atoms with E-state index in [9.17, 15) is 17.6 Å². The van der Waals surface area contributed by atoms with E-state index >= 15 is 0 Å². The Morgan fingerprint density at radius 3 is 2.68 bits per heavy atom. The molecule has 8 heteroatoms. The van der Waals surface area contributed by atoms with Crippen molar-refractivity contribution in [2.75, 3.05) is 6.54 Å². The van der Waals surface area contributed by atoms with E-state index in [0.717, 1.165) is 16.4 Å². The maximum atomic E-state index is 13.0. The van der Waals surface area contributed by atoms with Gasteiger partial charge in [-0.15, -0.1) is 0 Å². The van der Waals surface area contributed by atoms with Crippen LogP contribution in [0.3, 0.4) is 0 Å². The van der Waals surface area contributed by atoms with Gasteiger partial charge in [0, 0.05) is 12.7 Å². The number of carbonyl (C=O) groups is 1. The summed E-state index contributed by atoms with van der Waals surface area (Å²) < 4.78 is 44.8. The van der Waals surface area contributed by atoms with Gasteiger partial charge in [0.1, 0.15) is 18.5 Å². The van der Waals surface area contributed by atoms with Gasteiger partial charge in [-0.05, 0) is 49.2 Å². The smallest absolute Gasteiger partial charge is 0.324 e. The second-order valence-electron chi connectivity index (χ2n) is 5.66. The Morgan fingerprint density at radius 1 is 1.24 bits per heavy atom. The monoisotopic (exact) mass is 364 g/mol. The van der Waals surface area contributed by atoms with Crippen molar-refractivity contribution in [1.82, 2.24) is 9.29 Å². The summed E-state index contributed by atoms with van der Waals surface area (Å²) in [6, 6.07) is 8.91. The summed E-state index contributed by atoms with van der Waals surface area (Å²) in [5.74, 6) is -1.12. The molecular formula is C17H17FN2O4S. The fourth-order valence-corrected chi connectivity index (χ4v) is 4.38. The third-order valence-corrected chi connectivity index (χ3v) is 5.91. The van der Waals surface area contributed by atoms with Crippen molar-refractivity contribution in [1.29, 1.82) is 0 Å². The molecule has 1 aromatic carbocycles. The van der Waals surface area contributed by atoms with Gasteiger partial charge in [0.25, 0.3) is 0 Å². The van der Waals surface area contributed by atoms with Crippen molar-refractivity contribution >= 4 is 16.0 Å². The normalized spacial score (nSPS) is 18.2. The van der Waals surface area contributed by atoms with Gasteiger partial charge in [0.05, 0.1) is 10.6 Å². The number of rotatable bonds is 5. The highest BCUT2D eigenvalue weighted by atomic mass is 32.2. The van der Waals surface area contributed by atoms with E-state index in [1.807, 2.05) is 0 Å². The van der Waals surface area contributed by atoms with Crippen LogP contribution in [0.15, 0.2) is 53.6 Å². The van der Waals surface area contributed by atoms with Crippen LogP contribution in [-0.4, -0.2) is 36.3 Å². The fourth-order valence-electron chi connectivity index (χ4n) is 2.73. The van der Waals surface area contributed by atoms with Crippen molar-refractivity contribution in [3.63, 3.8) is 0 Å². The molecule has 1 aliphatic rings. The lowest BCUT2D eigenvalue weighted by Crippen LogP contribution is -2.41. The van der Waals surface area contributed by atoms with E-state index in [0.29, 0.717) is 18.5 Å². The fraction of sp³-hybridized carbons (Fsp3) is 0.294. The highest BCUT2D eigenvalue weighted by Crippen LogP contribution is 2.27. The van der Waals surface area contributed by atoms with Crippen LogP contribution in [0.2, 0.25) is 0 Å². The van der Waals surface area contributed by atoms with E-state index in [4.69, 9.17) is 4.74 Å². The Bertz CT molecular complexity index is 841. The zero-order valence-electron chi connectivity index (χ0n) is 13.3. The second kappa shape index (κ2) is 7.28. The second-order valence-corrected chi connectivity index (χ2v) is 7.55. The van der Waals surface area contributed by atoms with Crippen molar-refractivity contribution in [2.24, 2.45) is 0 Å². The van der Waals surface area contributed by atoms with Gasteiger partial charge in [0.2, 0.25) is 10.0 Å². The molecule has 0 bridgehead atoms. The predicted octanol–water partition coefficient (Wildman–Crippen LogP) is 2.12. The molecule has 2 aromatic rings. The first kappa shape index (κ1) is 17.5. The number of hydrogen-bond donors (Lipinski definition) is 0. The lowest BCUT2D eigenvalue weighted by atomic mass is 10.2. The summed E-state index contributed by atoms with van der Waals surface area (Å²) in [6.45, 7) is 0.212. The molecule has 0 saturated carbocycles. The summed E-state index contributed by atoms with van der Waals surface area (Å²) in [5.41, 5.74) is 0.585. The summed E-state index contributed by atoms with van der Waals surface area (Å²) in [7, 11) is -3.88. The van der Waals surface area contributed by atoms with Crippen molar-refractivity contribution in [2.45, 2.75) is 30.4 Å². The van der Waals surface area contributed by atoms with Crippen LogP contribution < -0.4 is 0 Å². The third-order valence-electron chi connectivity index (χ3n) is 3.98. The van der Waals surface area contributed by atoms with Crippen LogP contribution in [-0.2, 0) is 26.2 Å². The number of ether oxygens (including phenoxy) is 1. The number of sulfonamides is 1. The number of pyridine rings is 1. The summed E-state index contributed by atoms with van der Waals surface area (Å²) in [6.07, 6.45) is 2.54. The number of aromatic nitrogens is 1. The number of esters is 1. The Kier molecular flexibility index (Phi) is 5.10. The quantitative estimate of drug-likeness (QED) is 0.760. The summed E-state index contributed by atoms with van der Waals surface area (Å²) in [4.78, 5) is 16.4. The van der Waals surface area contributed by atoms with Gasteiger partial charge in [-0.2, -0.15) is 4.31 Å². The molecule has 1 aromatic heterocycles. The van der Waals surface area contributed by atoms with E-state index < -0.39 is 27.9 Å². The maximum Gasteiger partial charge on any atom is 0.324 e. The van der Waals surface area contributed by atoms with E-state index in [1.54, 1.807) is 24.4 Å². The number of halogens is 1. The standard InChI is InChI=1S/C17H17FN2O4S/c18-13-6-8-15(9-7-13)25(22,23)20-11-3-5-16(20)17(21)24-12-14-4-1-2-10-19-14/h1-2,4,6-10,16H,3,5,11-12H2/t16-/m0/s1. The number of carbonyl (C=O) groups excluding carboxylic acids is 1. The first-order chi connectivity index (χ1) is 12.0. The van der Waals surface area contributed by atoms with Crippen molar-refractivity contribution < 1.29 is 22.3 Å². The Hall–Kier alpha value is -2.32. The molecule has 1 atom stereocenters. The molecular weight excluding hydrogens is 347 g/mol. The van der Waals surface area contributed by atoms with Crippen LogP contribution in [0.1, 0.15) is 18.5 Å². The molecule has 6 nitrogen and oxygen atoms in total. The molecule has 2 heterocycles. The minimum atomic E-state index is -3.88. The first-order valence-electron chi connectivity index (χ1n) is 7.82. The zero-order chi connectivity index (χ0) is 17.9. The predicted molar refractivity (Wildman–Crippen MR) is 87.3 cm³/mol. The topological polar surface area (TPSA) is 76.6 Å². The Labute approximate surface area is 145 Å². The van der Waals surface area contributed by atoms with Gasteiger partial charge in [-0.1, -0.05) is 6.07 Å². The molecule has 25 heavy (non-hydrogen) atoms. The van der Waals surface area contributed by atoms with Crippen molar-refractivity contribution in [3.8, 4) is 0 Å². The van der Waals surface area contributed by atoms with Crippen LogP contribution >= 0.6 is 0 Å². The molecule has 1 aliphatic heterocycles. The van der Waals surface area contributed by atoms with E-state index in [-0.39, 0.29) is 18.0 Å². The maximum absolute atomic E-state index is 13.0. The minimum Gasteiger partial charge on any atom is -0.458 e. The largest absolute Gasteiger partial charge is 0.458 e. The van der Waals surface area contributed by atoms with Gasteiger partial charge >= 0.3 is 5.97 Å². The van der Waals surface area contributed by atoms with Crippen LogP contribution in [0.4, 0.5) is 4.39 Å². The number of nitrogens with zero attached hydrogens (tertiary/aromatic N) is 2. The minimum absolute atomic E-state index is 0.0133. The highest BCUT2D eigenvalue weighted by molar-refractivity contribution is 7.89. The van der Waals surface area contributed by atoms with E-state index in [2.05, 4.69) is 4.98 Å². The molecule has 0 radical (unpaired) electrons. The summed E-state index contributed by atoms with van der Waals surface area (Å²) in [5, 5.41) is 0. The van der Waals surface area contributed by atoms with Gasteiger partial charge in [-0.25, -0.2) is 12.8 Å². The number of benzene rings is 1. The molecule has 1 fully saturated rings. The molecule has 3 rings (SSSR count). The SMILES string of the molecule is O=C(OCc1ccccn1)[C@@H]1CCCN1S(=O)(=O)c1ccc(F)cc1. The van der Waals surface area contributed by atoms with Crippen LogP contribution in [0.25, 0.3) is 0 Å². The average molecular weight is 364 g/mol. The lowest BCUT2D eigenvalue weighted by molar-refractivity contribution is -0.148. The Morgan fingerprint density at radius 2 is 2.00 bits per heavy atom. The molecule has 132 valence electrons. The Balaban J connectivity index is 1.73. The first-order valence-corrected chi connectivity index (χ1v) is 9.26. The average Bonchev–Trinajstić information content (AvgIpc) is 3.12. The molecule has 0 aliphatic carbocycles. The molecule has 0 N–H and O–H groups in total. The highest BCUT2D eigenvalue weighted by Gasteiger charge is 2.40. The molecule has 0 amide bonds. The lowest BCUT2D eigenvalue weighted by Gasteiger charge is -2.22.